The van der Waals surface area contributed by atoms with Crippen LogP contribution in [0.5, 0.6) is 0 Å². The molecule has 5 heteroatoms. The molecule has 0 radical (unpaired) electrons. The Balaban J connectivity index is 2.23. The van der Waals surface area contributed by atoms with Crippen LogP contribution in [0.15, 0.2) is 24.5 Å². The Kier molecular flexibility index (Phi) is 3.52. The van der Waals surface area contributed by atoms with Crippen LogP contribution < -0.4 is 0 Å². The van der Waals surface area contributed by atoms with Crippen molar-refractivity contribution in [1.82, 2.24) is 14.6 Å². The molecule has 0 aliphatic carbocycles. The van der Waals surface area contributed by atoms with Crippen LogP contribution in [0.25, 0.3) is 0 Å². The van der Waals surface area contributed by atoms with E-state index in [1.807, 2.05) is 32.9 Å². The van der Waals surface area contributed by atoms with Gasteiger partial charge in [-0.2, -0.15) is 0 Å². The lowest BCUT2D eigenvalue weighted by atomic mass is 9.90. The van der Waals surface area contributed by atoms with Gasteiger partial charge in [-0.3, -0.25) is 9.78 Å². The maximum atomic E-state index is 12.3. The van der Waals surface area contributed by atoms with Crippen molar-refractivity contribution in [2.24, 2.45) is 0 Å². The van der Waals surface area contributed by atoms with Crippen LogP contribution in [0, 0.1) is 0 Å². The maximum Gasteiger partial charge on any atom is 0.180 e. The van der Waals surface area contributed by atoms with E-state index in [0.717, 1.165) is 11.3 Å². The van der Waals surface area contributed by atoms with Crippen molar-refractivity contribution in [2.75, 3.05) is 0 Å². The Bertz CT molecular complexity index is 543. The Morgan fingerprint density at radius 2 is 1.94 bits per heavy atom. The largest absolute Gasteiger partial charge is 0.293 e. The summed E-state index contributed by atoms with van der Waals surface area (Å²) in [6.45, 7) is 6.10. The van der Waals surface area contributed by atoms with Crippen molar-refractivity contribution in [1.29, 1.82) is 0 Å². The minimum Gasteiger partial charge on any atom is -0.293 e. The van der Waals surface area contributed by atoms with Crippen LogP contribution in [0.3, 0.4) is 0 Å². The fourth-order valence-corrected chi connectivity index (χ4v) is 2.44. The third kappa shape index (κ3) is 2.79. The normalized spacial score (nSPS) is 11.5. The fraction of sp³-hybridized carbons (Fsp3) is 0.385. The first-order valence-electron chi connectivity index (χ1n) is 5.73. The molecular formula is C13H15N3OS. The molecular weight excluding hydrogens is 246 g/mol. The van der Waals surface area contributed by atoms with Crippen molar-refractivity contribution < 1.29 is 4.79 Å². The second-order valence-electron chi connectivity index (χ2n) is 5.16. The summed E-state index contributed by atoms with van der Waals surface area (Å²) in [5.74, 6) is 0.0705. The molecule has 18 heavy (non-hydrogen) atoms. The molecule has 94 valence electrons. The average Bonchev–Trinajstić information content (AvgIpc) is 2.79. The highest BCUT2D eigenvalue weighted by Gasteiger charge is 2.26. The third-order valence-electron chi connectivity index (χ3n) is 2.57. The van der Waals surface area contributed by atoms with Gasteiger partial charge in [0.1, 0.15) is 4.88 Å². The van der Waals surface area contributed by atoms with E-state index in [1.54, 1.807) is 12.4 Å². The van der Waals surface area contributed by atoms with Crippen molar-refractivity contribution in [2.45, 2.75) is 32.6 Å². The first-order chi connectivity index (χ1) is 8.48. The van der Waals surface area contributed by atoms with Gasteiger partial charge in [0.2, 0.25) is 0 Å². The van der Waals surface area contributed by atoms with Crippen LogP contribution in [0.1, 0.15) is 41.7 Å². The molecule has 2 heterocycles. The average molecular weight is 261 g/mol. The molecule has 2 rings (SSSR count). The Morgan fingerprint density at radius 1 is 1.28 bits per heavy atom. The number of pyridine rings is 1. The predicted molar refractivity (Wildman–Crippen MR) is 70.9 cm³/mol. The number of aromatic nitrogens is 3. The molecule has 0 fully saturated rings. The zero-order valence-corrected chi connectivity index (χ0v) is 11.5. The molecule has 0 aromatic carbocycles. The van der Waals surface area contributed by atoms with E-state index in [1.165, 1.54) is 11.5 Å². The van der Waals surface area contributed by atoms with E-state index >= 15 is 0 Å². The van der Waals surface area contributed by atoms with E-state index in [2.05, 4.69) is 14.6 Å². The Morgan fingerprint density at radius 3 is 2.56 bits per heavy atom. The van der Waals surface area contributed by atoms with Gasteiger partial charge in [0.05, 0.1) is 5.69 Å². The first-order valence-corrected chi connectivity index (χ1v) is 6.51. The second-order valence-corrected chi connectivity index (χ2v) is 5.91. The molecule has 0 saturated heterocycles. The smallest absolute Gasteiger partial charge is 0.180 e. The molecule has 0 atom stereocenters. The number of Topliss-reactive ketones (excluding diaryl/α,β-unsaturated/α-hetero) is 1. The minimum absolute atomic E-state index is 0.0705. The number of ketones is 1. The van der Waals surface area contributed by atoms with Crippen LogP contribution in [0.2, 0.25) is 0 Å². The lowest BCUT2D eigenvalue weighted by molar-refractivity contribution is 0.0994. The van der Waals surface area contributed by atoms with E-state index in [9.17, 15) is 4.79 Å². The molecule has 0 aliphatic heterocycles. The lowest BCUT2D eigenvalue weighted by Crippen LogP contribution is -2.17. The van der Waals surface area contributed by atoms with Crippen molar-refractivity contribution in [3.63, 3.8) is 0 Å². The standard InChI is InChI=1S/C13H15N3OS/c1-13(2,3)12-11(18-16-15-12)10(17)8-9-4-6-14-7-5-9/h4-7H,8H2,1-3H3. The van der Waals surface area contributed by atoms with Gasteiger partial charge in [0.25, 0.3) is 0 Å². The van der Waals surface area contributed by atoms with Gasteiger partial charge in [0.15, 0.2) is 5.78 Å². The summed E-state index contributed by atoms with van der Waals surface area (Å²) >= 11 is 1.18. The highest BCUT2D eigenvalue weighted by molar-refractivity contribution is 7.08. The molecule has 0 bridgehead atoms. The van der Waals surface area contributed by atoms with Gasteiger partial charge in [0, 0.05) is 24.2 Å². The highest BCUT2D eigenvalue weighted by Crippen LogP contribution is 2.26. The summed E-state index contributed by atoms with van der Waals surface area (Å²) in [6, 6.07) is 3.70. The van der Waals surface area contributed by atoms with Gasteiger partial charge in [-0.15, -0.1) is 5.10 Å². The molecule has 0 unspecified atom stereocenters. The molecule has 0 N–H and O–H groups in total. The monoisotopic (exact) mass is 261 g/mol. The van der Waals surface area contributed by atoms with E-state index in [4.69, 9.17) is 0 Å². The highest BCUT2D eigenvalue weighted by atomic mass is 32.1. The minimum atomic E-state index is -0.157. The number of carbonyl (C=O) groups is 1. The maximum absolute atomic E-state index is 12.3. The van der Waals surface area contributed by atoms with Crippen molar-refractivity contribution >= 4 is 17.3 Å². The number of nitrogens with zero attached hydrogens (tertiary/aromatic N) is 3. The number of hydrogen-bond donors (Lipinski definition) is 0. The molecule has 0 amide bonds. The summed E-state index contributed by atoms with van der Waals surface area (Å²) in [7, 11) is 0. The van der Waals surface area contributed by atoms with Crippen molar-refractivity contribution in [3.8, 4) is 0 Å². The van der Waals surface area contributed by atoms with Crippen LogP contribution in [-0.2, 0) is 11.8 Å². The molecule has 0 saturated carbocycles. The third-order valence-corrected chi connectivity index (χ3v) is 3.33. The summed E-state index contributed by atoms with van der Waals surface area (Å²) in [5.41, 5.74) is 1.59. The summed E-state index contributed by atoms with van der Waals surface area (Å²) in [6.07, 6.45) is 3.76. The van der Waals surface area contributed by atoms with E-state index in [0.29, 0.717) is 11.3 Å². The molecule has 0 spiro atoms. The van der Waals surface area contributed by atoms with Gasteiger partial charge in [-0.05, 0) is 29.2 Å². The first kappa shape index (κ1) is 12.8. The van der Waals surface area contributed by atoms with Crippen LogP contribution >= 0.6 is 11.5 Å². The summed E-state index contributed by atoms with van der Waals surface area (Å²) in [5, 5.41) is 4.09. The van der Waals surface area contributed by atoms with E-state index < -0.39 is 0 Å². The zero-order chi connectivity index (χ0) is 13.2. The van der Waals surface area contributed by atoms with Gasteiger partial charge in [-0.1, -0.05) is 25.3 Å². The van der Waals surface area contributed by atoms with Gasteiger partial charge >= 0.3 is 0 Å². The Hall–Kier alpha value is -1.62. The molecule has 2 aromatic heterocycles. The van der Waals surface area contributed by atoms with Gasteiger partial charge in [-0.25, -0.2) is 0 Å². The van der Waals surface area contributed by atoms with Crippen molar-refractivity contribution in [3.05, 3.63) is 40.7 Å². The summed E-state index contributed by atoms with van der Waals surface area (Å²) in [4.78, 5) is 16.9. The quantitative estimate of drug-likeness (QED) is 0.797. The predicted octanol–water partition coefficient (Wildman–Crippen LogP) is 2.66. The van der Waals surface area contributed by atoms with Crippen LogP contribution in [-0.4, -0.2) is 20.4 Å². The van der Waals surface area contributed by atoms with E-state index in [-0.39, 0.29) is 11.2 Å². The summed E-state index contributed by atoms with van der Waals surface area (Å²) < 4.78 is 3.91. The lowest BCUT2D eigenvalue weighted by Gasteiger charge is -2.15. The molecule has 0 aliphatic rings. The number of hydrogen-bond acceptors (Lipinski definition) is 5. The SMILES string of the molecule is CC(C)(C)c1nnsc1C(=O)Cc1ccncc1. The Labute approximate surface area is 110 Å². The fourth-order valence-electron chi connectivity index (χ4n) is 1.63. The topological polar surface area (TPSA) is 55.7 Å². The van der Waals surface area contributed by atoms with Crippen LogP contribution in [0.4, 0.5) is 0 Å². The second kappa shape index (κ2) is 4.94. The number of rotatable bonds is 3. The zero-order valence-electron chi connectivity index (χ0n) is 10.7. The molecule has 4 nitrogen and oxygen atoms in total. The number of carbonyl (C=O) groups excluding carboxylic acids is 1. The van der Waals surface area contributed by atoms with Gasteiger partial charge < -0.3 is 0 Å². The molecule has 2 aromatic rings.